The van der Waals surface area contributed by atoms with Crippen molar-refractivity contribution < 1.29 is 42.1 Å². The molecule has 0 aromatic carbocycles. The van der Waals surface area contributed by atoms with Gasteiger partial charge in [0.05, 0.1) is 27.7 Å². The maximum absolute atomic E-state index is 12.6. The van der Waals surface area contributed by atoms with Crippen molar-refractivity contribution in [3.05, 3.63) is 97.2 Å². The van der Waals surface area contributed by atoms with E-state index in [1.807, 2.05) is 45.4 Å². The van der Waals surface area contributed by atoms with Crippen molar-refractivity contribution in [2.24, 2.45) is 0 Å². The zero-order valence-corrected chi connectivity index (χ0v) is 37.9. The number of allylic oxidation sites excluding steroid dienone is 15. The Bertz CT molecular complexity index is 1300. The highest BCUT2D eigenvalue weighted by molar-refractivity contribution is 7.47. The van der Waals surface area contributed by atoms with Gasteiger partial charge in [0.25, 0.3) is 0 Å². The number of hydrogen-bond acceptors (Lipinski definition) is 7. The standard InChI is InChI=1S/C48H80NO8P/c1-6-8-10-12-14-16-18-20-22-23-24-25-27-29-31-33-35-37-39-41-48(51)57-46(45-56-58(52,53)55-43-42-49(3,4)5)44-54-47(50)40-38-36-34-32-30-28-26-21-19-17-15-13-11-9-7-2/h8,10,14,16,20,22,24-25,29,31,34-38,40,46H,6-7,9,11-13,15,17-19,21,23,26-28,30,32-33,39,41-45H2,1-5H3/p+1/b10-8+,16-14+,22-20+,25-24+,31-29+,36-34+,37-35+,40-38+/t46-/m1/s1. The molecule has 0 radical (unpaired) electrons. The van der Waals surface area contributed by atoms with E-state index in [2.05, 4.69) is 74.6 Å². The first-order valence-corrected chi connectivity index (χ1v) is 23.5. The van der Waals surface area contributed by atoms with Gasteiger partial charge in [-0.15, -0.1) is 0 Å². The molecule has 0 saturated heterocycles. The Morgan fingerprint density at radius 2 is 1.10 bits per heavy atom. The number of quaternary nitrogens is 1. The summed E-state index contributed by atoms with van der Waals surface area (Å²) in [6, 6.07) is 0. The minimum Gasteiger partial charge on any atom is -0.458 e. The maximum atomic E-state index is 12.6. The minimum absolute atomic E-state index is 0.000240. The number of esters is 2. The topological polar surface area (TPSA) is 108 Å². The van der Waals surface area contributed by atoms with Crippen LogP contribution in [0, 0.1) is 0 Å². The Morgan fingerprint density at radius 3 is 1.62 bits per heavy atom. The van der Waals surface area contributed by atoms with E-state index in [1.54, 1.807) is 6.08 Å². The Morgan fingerprint density at radius 1 is 0.603 bits per heavy atom. The monoisotopic (exact) mass is 831 g/mol. The summed E-state index contributed by atoms with van der Waals surface area (Å²) in [7, 11) is 1.37. The average molecular weight is 831 g/mol. The highest BCUT2D eigenvalue weighted by Gasteiger charge is 2.26. The third-order valence-corrected chi connectivity index (χ3v) is 9.70. The highest BCUT2D eigenvalue weighted by atomic mass is 31.2. The van der Waals surface area contributed by atoms with Gasteiger partial charge < -0.3 is 18.9 Å². The molecule has 0 aliphatic carbocycles. The number of likely N-dealkylation sites (N-methyl/N-ethyl adjacent to an activating group) is 1. The molecule has 1 N–H and O–H groups in total. The average Bonchev–Trinajstić information content (AvgIpc) is 3.17. The van der Waals surface area contributed by atoms with Crippen molar-refractivity contribution >= 4 is 19.8 Å². The van der Waals surface area contributed by atoms with Gasteiger partial charge >= 0.3 is 19.8 Å². The molecule has 0 fully saturated rings. The first-order chi connectivity index (χ1) is 28.0. The second-order valence-corrected chi connectivity index (χ2v) is 16.9. The van der Waals surface area contributed by atoms with Crippen molar-refractivity contribution in [2.45, 2.75) is 148 Å². The molecule has 0 aliphatic heterocycles. The molecule has 0 aromatic heterocycles. The Labute approximate surface area is 353 Å². The molecule has 0 heterocycles. The summed E-state index contributed by atoms with van der Waals surface area (Å²) in [6.07, 6.45) is 52.5. The highest BCUT2D eigenvalue weighted by Crippen LogP contribution is 2.43. The second kappa shape index (κ2) is 39.4. The molecule has 0 aliphatic rings. The summed E-state index contributed by atoms with van der Waals surface area (Å²) in [5.74, 6) is -1.16. The quantitative estimate of drug-likeness (QED) is 0.0125. The van der Waals surface area contributed by atoms with Crippen LogP contribution < -0.4 is 0 Å². The van der Waals surface area contributed by atoms with Crippen LogP contribution in [0.3, 0.4) is 0 Å². The van der Waals surface area contributed by atoms with Gasteiger partial charge in [-0.25, -0.2) is 9.36 Å². The molecule has 58 heavy (non-hydrogen) atoms. The molecule has 9 nitrogen and oxygen atoms in total. The number of rotatable bonds is 38. The summed E-state index contributed by atoms with van der Waals surface area (Å²) >= 11 is 0. The number of carbonyl (C=O) groups excluding carboxylic acids is 2. The van der Waals surface area contributed by atoms with Crippen LogP contribution in [0.25, 0.3) is 0 Å². The Balaban J connectivity index is 4.61. The van der Waals surface area contributed by atoms with Crippen LogP contribution in [0.2, 0.25) is 0 Å². The van der Waals surface area contributed by atoms with Crippen LogP contribution in [0.4, 0.5) is 0 Å². The summed E-state index contributed by atoms with van der Waals surface area (Å²) in [5, 5.41) is 0. The molecule has 2 atom stereocenters. The lowest BCUT2D eigenvalue weighted by Crippen LogP contribution is -2.37. The predicted molar refractivity (Wildman–Crippen MR) is 242 cm³/mol. The lowest BCUT2D eigenvalue weighted by Gasteiger charge is -2.24. The zero-order valence-electron chi connectivity index (χ0n) is 37.0. The summed E-state index contributed by atoms with van der Waals surface area (Å²) in [6.45, 7) is 4.06. The maximum Gasteiger partial charge on any atom is 0.472 e. The predicted octanol–water partition coefficient (Wildman–Crippen LogP) is 12.6. The summed E-state index contributed by atoms with van der Waals surface area (Å²) in [5.41, 5.74) is 0. The molecule has 1 unspecified atom stereocenters. The first-order valence-electron chi connectivity index (χ1n) is 22.0. The van der Waals surface area contributed by atoms with E-state index in [-0.39, 0.29) is 19.6 Å². The van der Waals surface area contributed by atoms with Crippen molar-refractivity contribution in [1.29, 1.82) is 0 Å². The van der Waals surface area contributed by atoms with E-state index in [9.17, 15) is 19.0 Å². The van der Waals surface area contributed by atoms with Gasteiger partial charge in [0, 0.05) is 12.5 Å². The van der Waals surface area contributed by atoms with E-state index < -0.39 is 32.5 Å². The van der Waals surface area contributed by atoms with Gasteiger partial charge in [-0.2, -0.15) is 0 Å². The molecular weight excluding hydrogens is 750 g/mol. The number of nitrogens with zero attached hydrogens (tertiary/aromatic N) is 1. The van der Waals surface area contributed by atoms with E-state index in [0.717, 1.165) is 51.4 Å². The Kier molecular flexibility index (Phi) is 37.3. The number of ether oxygens (including phenoxy) is 2. The van der Waals surface area contributed by atoms with Crippen LogP contribution in [0.15, 0.2) is 97.2 Å². The lowest BCUT2D eigenvalue weighted by atomic mass is 10.1. The van der Waals surface area contributed by atoms with Gasteiger partial charge in [0.15, 0.2) is 6.10 Å². The molecule has 0 aromatic rings. The fourth-order valence-electron chi connectivity index (χ4n) is 5.30. The largest absolute Gasteiger partial charge is 0.472 e. The molecule has 0 spiro atoms. The van der Waals surface area contributed by atoms with Crippen molar-refractivity contribution in [3.8, 4) is 0 Å². The van der Waals surface area contributed by atoms with Gasteiger partial charge in [-0.3, -0.25) is 13.8 Å². The number of phosphoric ester groups is 1. The number of carbonyl (C=O) groups is 2. The van der Waals surface area contributed by atoms with E-state index in [1.165, 1.54) is 70.3 Å². The van der Waals surface area contributed by atoms with Crippen LogP contribution >= 0.6 is 7.82 Å². The van der Waals surface area contributed by atoms with Crippen LogP contribution in [0.5, 0.6) is 0 Å². The summed E-state index contributed by atoms with van der Waals surface area (Å²) in [4.78, 5) is 35.2. The van der Waals surface area contributed by atoms with E-state index in [0.29, 0.717) is 17.4 Å². The molecule has 10 heteroatoms. The number of unbranched alkanes of at least 4 members (excludes halogenated alkanes) is 11. The second-order valence-electron chi connectivity index (χ2n) is 15.4. The molecule has 330 valence electrons. The lowest BCUT2D eigenvalue weighted by molar-refractivity contribution is -0.870. The van der Waals surface area contributed by atoms with Gasteiger partial charge in [0.2, 0.25) is 0 Å². The molecule has 0 bridgehead atoms. The minimum atomic E-state index is -4.42. The van der Waals surface area contributed by atoms with Gasteiger partial charge in [-0.05, 0) is 57.8 Å². The van der Waals surface area contributed by atoms with Gasteiger partial charge in [-0.1, -0.05) is 169 Å². The normalized spacial score (nSPS) is 14.5. The van der Waals surface area contributed by atoms with E-state index in [4.69, 9.17) is 18.5 Å². The molecule has 0 saturated carbocycles. The third-order valence-electron chi connectivity index (χ3n) is 8.72. The fourth-order valence-corrected chi connectivity index (χ4v) is 6.05. The third kappa shape index (κ3) is 42.5. The van der Waals surface area contributed by atoms with Crippen molar-refractivity contribution in [3.63, 3.8) is 0 Å². The fraction of sp³-hybridized carbons (Fsp3) is 0.625. The number of hydrogen-bond donors (Lipinski definition) is 1. The number of phosphoric acid groups is 1. The van der Waals surface area contributed by atoms with Crippen molar-refractivity contribution in [1.82, 2.24) is 0 Å². The van der Waals surface area contributed by atoms with Crippen molar-refractivity contribution in [2.75, 3.05) is 47.5 Å². The molecular formula is C48H81NO8P+. The smallest absolute Gasteiger partial charge is 0.458 e. The van der Waals surface area contributed by atoms with E-state index >= 15 is 0 Å². The van der Waals surface area contributed by atoms with Crippen LogP contribution in [-0.2, 0) is 32.7 Å². The van der Waals surface area contributed by atoms with Crippen LogP contribution in [0.1, 0.15) is 142 Å². The summed E-state index contributed by atoms with van der Waals surface area (Å²) < 4.78 is 34.0. The van der Waals surface area contributed by atoms with Gasteiger partial charge in [0.1, 0.15) is 19.8 Å². The SMILES string of the molecule is CC/C=C/C/C=C/C/C=C/C/C=C/C/C=C/C/C=C/CCC(=O)O[C@H](COC(=O)/C=C/C=C/CCCCCCCCCCCCC)COP(=O)(O)OCC[N+](C)(C)C. The molecule has 0 rings (SSSR count). The Hall–Kier alpha value is -3.07. The first kappa shape index (κ1) is 54.9. The van der Waals surface area contributed by atoms with Crippen LogP contribution in [-0.4, -0.2) is 74.9 Å². The molecule has 0 amide bonds. The zero-order chi connectivity index (χ0) is 42.8.